The molecule has 168 valence electrons. The number of fused-ring (bicyclic) bond motifs is 1. The first-order chi connectivity index (χ1) is 16.5. The second-order valence-electron chi connectivity index (χ2n) is 7.95. The molecule has 0 bridgehead atoms. The average molecular weight is 450 g/mol. The first-order valence-electron chi connectivity index (χ1n) is 10.8. The van der Waals surface area contributed by atoms with E-state index in [-0.39, 0.29) is 5.91 Å². The Morgan fingerprint density at radius 1 is 0.971 bits per heavy atom. The van der Waals surface area contributed by atoms with Crippen LogP contribution in [0.4, 0.5) is 23.0 Å². The van der Waals surface area contributed by atoms with E-state index in [4.69, 9.17) is 10.7 Å². The molecular weight excluding hydrogens is 426 g/mol. The van der Waals surface area contributed by atoms with Gasteiger partial charge in [0.15, 0.2) is 0 Å². The fourth-order valence-electron chi connectivity index (χ4n) is 3.81. The molecule has 3 aromatic heterocycles. The monoisotopic (exact) mass is 449 g/mol. The molecule has 2 aromatic carbocycles. The molecule has 0 radical (unpaired) electrons. The zero-order valence-electron chi connectivity index (χ0n) is 18.8. The Morgan fingerprint density at radius 2 is 1.79 bits per heavy atom. The van der Waals surface area contributed by atoms with E-state index in [0.29, 0.717) is 28.6 Å². The van der Waals surface area contributed by atoms with E-state index in [1.54, 1.807) is 36.5 Å². The highest BCUT2D eigenvalue weighted by Gasteiger charge is 2.16. The van der Waals surface area contributed by atoms with Crippen LogP contribution in [-0.2, 0) is 0 Å². The number of imidazole rings is 1. The summed E-state index contributed by atoms with van der Waals surface area (Å²) in [6, 6.07) is 20.2. The van der Waals surface area contributed by atoms with Crippen molar-refractivity contribution in [3.05, 3.63) is 95.9 Å². The molecule has 5 rings (SSSR count). The lowest BCUT2D eigenvalue weighted by molar-refractivity contribution is 0.102. The molecule has 0 fully saturated rings. The minimum Gasteiger partial charge on any atom is -0.397 e. The molecule has 4 N–H and O–H groups in total. The molecule has 3 heterocycles. The predicted octanol–water partition coefficient (Wildman–Crippen LogP) is 4.99. The summed E-state index contributed by atoms with van der Waals surface area (Å²) >= 11 is 0. The van der Waals surface area contributed by atoms with Crippen LogP contribution in [-0.4, -0.2) is 25.3 Å². The zero-order chi connectivity index (χ0) is 23.7. The quantitative estimate of drug-likeness (QED) is 0.326. The molecule has 0 saturated carbocycles. The molecular formula is C26H23N7O. The summed E-state index contributed by atoms with van der Waals surface area (Å²) in [6.07, 6.45) is 3.75. The number of nitrogen functional groups attached to an aromatic ring is 1. The highest BCUT2D eigenvalue weighted by atomic mass is 16.1. The van der Waals surface area contributed by atoms with Crippen LogP contribution in [0.5, 0.6) is 0 Å². The number of aromatic nitrogens is 4. The van der Waals surface area contributed by atoms with Crippen molar-refractivity contribution in [2.24, 2.45) is 0 Å². The van der Waals surface area contributed by atoms with Gasteiger partial charge in [-0.15, -0.1) is 0 Å². The summed E-state index contributed by atoms with van der Waals surface area (Å²) in [7, 11) is 0. The summed E-state index contributed by atoms with van der Waals surface area (Å²) in [5.74, 6) is 0.171. The highest BCUT2D eigenvalue weighted by Crippen LogP contribution is 2.27. The molecule has 5 aromatic rings. The molecule has 0 aliphatic rings. The molecule has 8 nitrogen and oxygen atoms in total. The molecule has 0 spiro atoms. The number of aryl methyl sites for hydroxylation is 2. The lowest BCUT2D eigenvalue weighted by atomic mass is 10.1. The highest BCUT2D eigenvalue weighted by molar-refractivity contribution is 6.06. The minimum absolute atomic E-state index is 0.256. The summed E-state index contributed by atoms with van der Waals surface area (Å²) < 4.78 is 2.02. The minimum atomic E-state index is -0.256. The van der Waals surface area contributed by atoms with Crippen molar-refractivity contribution < 1.29 is 4.79 Å². The molecule has 0 saturated heterocycles. The number of hydrogen-bond donors (Lipinski definition) is 3. The fourth-order valence-corrected chi connectivity index (χ4v) is 3.81. The van der Waals surface area contributed by atoms with Gasteiger partial charge >= 0.3 is 0 Å². The second-order valence-corrected chi connectivity index (χ2v) is 7.95. The van der Waals surface area contributed by atoms with Crippen LogP contribution < -0.4 is 16.4 Å². The summed E-state index contributed by atoms with van der Waals surface area (Å²) in [5, 5.41) is 6.06. The van der Waals surface area contributed by atoms with Gasteiger partial charge in [-0.25, -0.2) is 15.0 Å². The number of nitrogens with one attached hydrogen (secondary N) is 2. The van der Waals surface area contributed by atoms with Crippen LogP contribution in [0.1, 0.15) is 21.6 Å². The first kappa shape index (κ1) is 21.1. The third-order valence-corrected chi connectivity index (χ3v) is 5.49. The summed E-state index contributed by atoms with van der Waals surface area (Å²) in [6.45, 7) is 3.94. The lowest BCUT2D eigenvalue weighted by Crippen LogP contribution is -2.13. The Hall–Kier alpha value is -4.72. The number of amides is 1. The van der Waals surface area contributed by atoms with E-state index in [2.05, 4.69) is 20.6 Å². The van der Waals surface area contributed by atoms with Crippen molar-refractivity contribution >= 4 is 34.6 Å². The van der Waals surface area contributed by atoms with Crippen LogP contribution in [0.3, 0.4) is 0 Å². The van der Waals surface area contributed by atoms with E-state index in [1.807, 2.05) is 60.8 Å². The third-order valence-electron chi connectivity index (χ3n) is 5.49. The smallest absolute Gasteiger partial charge is 0.255 e. The molecule has 1 amide bonds. The molecule has 34 heavy (non-hydrogen) atoms. The van der Waals surface area contributed by atoms with Crippen molar-refractivity contribution in [2.75, 3.05) is 16.4 Å². The van der Waals surface area contributed by atoms with Crippen LogP contribution in [0.25, 0.3) is 17.0 Å². The van der Waals surface area contributed by atoms with Gasteiger partial charge in [-0.1, -0.05) is 24.3 Å². The molecule has 0 aliphatic carbocycles. The Balaban J connectivity index is 1.43. The number of hydrogen-bond acceptors (Lipinski definition) is 6. The van der Waals surface area contributed by atoms with Crippen molar-refractivity contribution in [1.29, 1.82) is 0 Å². The van der Waals surface area contributed by atoms with Crippen LogP contribution >= 0.6 is 0 Å². The van der Waals surface area contributed by atoms with E-state index in [0.717, 1.165) is 28.3 Å². The Kier molecular flexibility index (Phi) is 5.39. The van der Waals surface area contributed by atoms with Gasteiger partial charge in [0, 0.05) is 23.6 Å². The Morgan fingerprint density at radius 3 is 2.65 bits per heavy atom. The number of nitrogens with two attached hydrogens (primary N) is 1. The number of pyridine rings is 1. The standard InChI is InChI=1S/C26H23N7O/c1-16-15-28-26(32-23(16)24-17(2)29-22-12-5-6-13-33(22)24)30-19-9-7-8-18(14-19)25(34)31-21-11-4-3-10-20(21)27/h3-15H,27H2,1-2H3,(H,31,34)(H,28,30,32). The van der Waals surface area contributed by atoms with Crippen molar-refractivity contribution in [3.63, 3.8) is 0 Å². The maximum absolute atomic E-state index is 12.8. The first-order valence-corrected chi connectivity index (χ1v) is 10.8. The van der Waals surface area contributed by atoms with E-state index in [9.17, 15) is 4.79 Å². The SMILES string of the molecule is Cc1cnc(Nc2cccc(C(=O)Nc3ccccc3N)c2)nc1-c1c(C)nc2ccccn12. The second kappa shape index (κ2) is 8.67. The lowest BCUT2D eigenvalue weighted by Gasteiger charge is -2.11. The van der Waals surface area contributed by atoms with Gasteiger partial charge in [-0.2, -0.15) is 0 Å². The maximum Gasteiger partial charge on any atom is 0.255 e. The van der Waals surface area contributed by atoms with Gasteiger partial charge in [0.2, 0.25) is 5.95 Å². The maximum atomic E-state index is 12.8. The normalized spacial score (nSPS) is 10.9. The number of para-hydroxylation sites is 2. The van der Waals surface area contributed by atoms with Gasteiger partial charge in [0.05, 0.1) is 28.5 Å². The number of carbonyl (C=O) groups excluding carboxylic acids is 1. The van der Waals surface area contributed by atoms with Crippen LogP contribution in [0.15, 0.2) is 79.1 Å². The van der Waals surface area contributed by atoms with Gasteiger partial charge in [-0.3, -0.25) is 9.20 Å². The largest absolute Gasteiger partial charge is 0.397 e. The van der Waals surface area contributed by atoms with Gasteiger partial charge in [0.1, 0.15) is 5.65 Å². The third kappa shape index (κ3) is 4.04. The topological polar surface area (TPSA) is 110 Å². The number of carbonyl (C=O) groups is 1. The van der Waals surface area contributed by atoms with Crippen molar-refractivity contribution in [2.45, 2.75) is 13.8 Å². The average Bonchev–Trinajstić information content (AvgIpc) is 3.17. The van der Waals surface area contributed by atoms with Crippen molar-refractivity contribution in [1.82, 2.24) is 19.4 Å². The van der Waals surface area contributed by atoms with E-state index >= 15 is 0 Å². The van der Waals surface area contributed by atoms with Gasteiger partial charge in [0.25, 0.3) is 5.91 Å². The summed E-state index contributed by atoms with van der Waals surface area (Å²) in [5.41, 5.74) is 12.6. The molecule has 0 unspecified atom stereocenters. The number of benzene rings is 2. The zero-order valence-corrected chi connectivity index (χ0v) is 18.8. The number of rotatable bonds is 5. The van der Waals surface area contributed by atoms with Gasteiger partial charge in [-0.05, 0) is 61.9 Å². The molecule has 0 aliphatic heterocycles. The van der Waals surface area contributed by atoms with E-state index in [1.165, 1.54) is 0 Å². The fraction of sp³-hybridized carbons (Fsp3) is 0.0769. The van der Waals surface area contributed by atoms with Crippen LogP contribution in [0.2, 0.25) is 0 Å². The van der Waals surface area contributed by atoms with Gasteiger partial charge < -0.3 is 16.4 Å². The van der Waals surface area contributed by atoms with Crippen molar-refractivity contribution in [3.8, 4) is 11.4 Å². The summed E-state index contributed by atoms with van der Waals surface area (Å²) in [4.78, 5) is 26.6. The number of anilines is 4. The Bertz CT molecular complexity index is 1520. The van der Waals surface area contributed by atoms with E-state index < -0.39 is 0 Å². The van der Waals surface area contributed by atoms with Crippen LogP contribution in [0, 0.1) is 13.8 Å². The Labute approximate surface area is 196 Å². The number of nitrogens with zero attached hydrogens (tertiary/aromatic N) is 4. The predicted molar refractivity (Wildman–Crippen MR) is 134 cm³/mol. The molecule has 0 atom stereocenters. The molecule has 8 heteroatoms.